The Morgan fingerprint density at radius 1 is 1.07 bits per heavy atom. The number of benzene rings is 1. The van der Waals surface area contributed by atoms with Crippen molar-refractivity contribution in [2.24, 2.45) is 0 Å². The molecule has 140 valence electrons. The Morgan fingerprint density at radius 3 is 2.41 bits per heavy atom. The van der Waals surface area contributed by atoms with E-state index in [2.05, 4.69) is 5.32 Å². The Bertz CT molecular complexity index is 1080. The molecule has 1 aromatic carbocycles. The molecule has 0 saturated heterocycles. The van der Waals surface area contributed by atoms with Gasteiger partial charge in [0.25, 0.3) is 5.91 Å². The number of hydrogen-bond donors (Lipinski definition) is 1. The van der Waals surface area contributed by atoms with Gasteiger partial charge in [0.1, 0.15) is 5.00 Å². The minimum absolute atomic E-state index is 0.148. The van der Waals surface area contributed by atoms with Gasteiger partial charge in [-0.15, -0.1) is 11.3 Å². The number of sulfone groups is 1. The van der Waals surface area contributed by atoms with Crippen LogP contribution in [-0.2, 0) is 22.7 Å². The van der Waals surface area contributed by atoms with Crippen LogP contribution in [0.5, 0.6) is 0 Å². The minimum Gasteiger partial charge on any atom is -0.322 e. The molecule has 0 atom stereocenters. The van der Waals surface area contributed by atoms with E-state index in [1.54, 1.807) is 23.5 Å². The zero-order chi connectivity index (χ0) is 19.0. The second-order valence-corrected chi connectivity index (χ2v) is 9.83. The van der Waals surface area contributed by atoms with Gasteiger partial charge in [-0.2, -0.15) is 0 Å². The summed E-state index contributed by atoms with van der Waals surface area (Å²) in [5.41, 5.74) is 2.47. The van der Waals surface area contributed by atoms with Crippen LogP contribution in [0.1, 0.15) is 33.6 Å². The van der Waals surface area contributed by atoms with Gasteiger partial charge in [-0.1, -0.05) is 0 Å². The maximum atomic E-state index is 13.1. The quantitative estimate of drug-likeness (QED) is 0.718. The molecule has 0 saturated carbocycles. The Balaban J connectivity index is 1.68. The summed E-state index contributed by atoms with van der Waals surface area (Å²) in [5, 5.41) is 3.88. The molecule has 0 spiro atoms. The van der Waals surface area contributed by atoms with Crippen LogP contribution in [-0.4, -0.2) is 25.1 Å². The summed E-state index contributed by atoms with van der Waals surface area (Å²) in [5.74, 6) is -0.148. The summed E-state index contributed by atoms with van der Waals surface area (Å²) in [6.07, 6.45) is 9.27. The van der Waals surface area contributed by atoms with E-state index in [9.17, 15) is 13.2 Å². The van der Waals surface area contributed by atoms with Crippen LogP contribution >= 0.6 is 11.3 Å². The maximum absolute atomic E-state index is 13.1. The number of nitrogens with zero attached hydrogens (tertiary/aromatic N) is 1. The van der Waals surface area contributed by atoms with Gasteiger partial charge in [0.15, 0.2) is 9.84 Å². The predicted octanol–water partition coefficient (Wildman–Crippen LogP) is 4.07. The fourth-order valence-corrected chi connectivity index (χ4v) is 5.40. The van der Waals surface area contributed by atoms with Gasteiger partial charge in [-0.3, -0.25) is 4.79 Å². The third-order valence-electron chi connectivity index (χ3n) is 4.76. The molecule has 2 heterocycles. The highest BCUT2D eigenvalue weighted by atomic mass is 32.2. The normalized spacial score (nSPS) is 14.0. The minimum atomic E-state index is -3.25. The third kappa shape index (κ3) is 3.57. The lowest BCUT2D eigenvalue weighted by molar-refractivity contribution is 0.102. The highest BCUT2D eigenvalue weighted by Crippen LogP contribution is 2.37. The second kappa shape index (κ2) is 6.98. The van der Waals surface area contributed by atoms with Crippen LogP contribution in [0.3, 0.4) is 0 Å². The van der Waals surface area contributed by atoms with Crippen molar-refractivity contribution in [2.45, 2.75) is 30.6 Å². The molecule has 0 unspecified atom stereocenters. The number of carbonyl (C=O) groups is 1. The van der Waals surface area contributed by atoms with Crippen molar-refractivity contribution in [2.75, 3.05) is 11.6 Å². The number of aryl methyl sites for hydroxylation is 1. The molecule has 4 rings (SSSR count). The summed E-state index contributed by atoms with van der Waals surface area (Å²) in [4.78, 5) is 14.6. The van der Waals surface area contributed by atoms with E-state index in [1.807, 2.05) is 29.1 Å². The number of anilines is 1. The number of nitrogens with one attached hydrogen (secondary N) is 1. The van der Waals surface area contributed by atoms with Crippen LogP contribution in [0.2, 0.25) is 0 Å². The van der Waals surface area contributed by atoms with Gasteiger partial charge >= 0.3 is 0 Å². The van der Waals surface area contributed by atoms with Crippen molar-refractivity contribution in [3.63, 3.8) is 0 Å². The first-order valence-corrected chi connectivity index (χ1v) is 11.5. The molecular formula is C20H20N2O3S2. The smallest absolute Gasteiger partial charge is 0.258 e. The lowest BCUT2D eigenvalue weighted by Gasteiger charge is -2.13. The number of aromatic nitrogens is 1. The van der Waals surface area contributed by atoms with Gasteiger partial charge in [-0.05, 0) is 67.6 Å². The van der Waals surface area contributed by atoms with E-state index in [0.717, 1.165) is 41.8 Å². The Labute approximate surface area is 162 Å². The Hall–Kier alpha value is -2.38. The van der Waals surface area contributed by atoms with Crippen LogP contribution in [0, 0.1) is 0 Å². The van der Waals surface area contributed by atoms with Gasteiger partial charge in [0.2, 0.25) is 0 Å². The molecule has 0 aliphatic heterocycles. The first-order valence-electron chi connectivity index (χ1n) is 8.83. The molecule has 1 aliphatic carbocycles. The van der Waals surface area contributed by atoms with Crippen molar-refractivity contribution in [3.8, 4) is 5.00 Å². The molecule has 0 fully saturated rings. The van der Waals surface area contributed by atoms with E-state index in [-0.39, 0.29) is 10.8 Å². The molecule has 0 radical (unpaired) electrons. The van der Waals surface area contributed by atoms with E-state index >= 15 is 0 Å². The predicted molar refractivity (Wildman–Crippen MR) is 108 cm³/mol. The van der Waals surface area contributed by atoms with Crippen LogP contribution in [0.4, 0.5) is 5.69 Å². The summed E-state index contributed by atoms with van der Waals surface area (Å²) in [6.45, 7) is 0. The molecule has 3 aromatic rings. The van der Waals surface area contributed by atoms with Crippen molar-refractivity contribution in [1.82, 2.24) is 4.57 Å². The molecule has 1 N–H and O–H groups in total. The summed E-state index contributed by atoms with van der Waals surface area (Å²) >= 11 is 1.69. The number of amides is 1. The average molecular weight is 401 g/mol. The lowest BCUT2D eigenvalue weighted by Crippen LogP contribution is -2.16. The molecule has 1 amide bonds. The van der Waals surface area contributed by atoms with E-state index < -0.39 is 9.84 Å². The first-order chi connectivity index (χ1) is 12.9. The zero-order valence-electron chi connectivity index (χ0n) is 14.9. The topological polar surface area (TPSA) is 68.2 Å². The van der Waals surface area contributed by atoms with Crippen molar-refractivity contribution in [3.05, 3.63) is 64.8 Å². The molecule has 2 aromatic heterocycles. The van der Waals surface area contributed by atoms with E-state index in [4.69, 9.17) is 0 Å². The largest absolute Gasteiger partial charge is 0.322 e. The Kier molecular flexibility index (Phi) is 4.65. The average Bonchev–Trinajstić information content (AvgIpc) is 3.28. The summed E-state index contributed by atoms with van der Waals surface area (Å²) < 4.78 is 25.2. The lowest BCUT2D eigenvalue weighted by atomic mass is 9.95. The van der Waals surface area contributed by atoms with Crippen molar-refractivity contribution in [1.29, 1.82) is 0 Å². The molecule has 5 nitrogen and oxygen atoms in total. The van der Waals surface area contributed by atoms with Gasteiger partial charge in [0, 0.05) is 29.2 Å². The van der Waals surface area contributed by atoms with Gasteiger partial charge in [0.05, 0.1) is 10.5 Å². The van der Waals surface area contributed by atoms with Crippen LogP contribution in [0.25, 0.3) is 5.00 Å². The van der Waals surface area contributed by atoms with Crippen LogP contribution in [0.15, 0.2) is 53.7 Å². The standard InChI is InChI=1S/C20H20N2O3S2/c1-27(24,25)15-10-8-14(9-11-15)21-19(23)18-16-6-2-3-7-17(16)26-20(18)22-12-4-5-13-22/h4-5,8-13H,2-3,6-7H2,1H3,(H,21,23). The monoisotopic (exact) mass is 400 g/mol. The van der Waals surface area contributed by atoms with Gasteiger partial charge < -0.3 is 9.88 Å². The summed E-state index contributed by atoms with van der Waals surface area (Å²) in [7, 11) is -3.25. The van der Waals surface area contributed by atoms with Crippen molar-refractivity contribution >= 4 is 32.8 Å². The van der Waals surface area contributed by atoms with Gasteiger partial charge in [-0.25, -0.2) is 8.42 Å². The molecule has 27 heavy (non-hydrogen) atoms. The fraction of sp³-hybridized carbons (Fsp3) is 0.250. The highest BCUT2D eigenvalue weighted by molar-refractivity contribution is 7.90. The Morgan fingerprint density at radius 2 is 1.74 bits per heavy atom. The molecule has 1 aliphatic rings. The highest BCUT2D eigenvalue weighted by Gasteiger charge is 2.26. The zero-order valence-corrected chi connectivity index (χ0v) is 16.6. The number of rotatable bonds is 4. The molecule has 7 heteroatoms. The van der Waals surface area contributed by atoms with E-state index in [0.29, 0.717) is 5.69 Å². The fourth-order valence-electron chi connectivity index (χ4n) is 3.42. The molecule has 0 bridgehead atoms. The molecular weight excluding hydrogens is 380 g/mol. The van der Waals surface area contributed by atoms with Crippen LogP contribution < -0.4 is 5.32 Å². The van der Waals surface area contributed by atoms with E-state index in [1.165, 1.54) is 23.3 Å². The number of thiophene rings is 1. The maximum Gasteiger partial charge on any atom is 0.258 e. The number of hydrogen-bond acceptors (Lipinski definition) is 4. The first kappa shape index (κ1) is 18.0. The number of carbonyl (C=O) groups excluding carboxylic acids is 1. The SMILES string of the molecule is CS(=O)(=O)c1ccc(NC(=O)c2c(-n3cccc3)sc3c2CCCC3)cc1. The number of fused-ring (bicyclic) bond motifs is 1. The summed E-state index contributed by atoms with van der Waals surface area (Å²) in [6, 6.07) is 10.2. The van der Waals surface area contributed by atoms with Crippen molar-refractivity contribution < 1.29 is 13.2 Å². The third-order valence-corrected chi connectivity index (χ3v) is 7.19. The second-order valence-electron chi connectivity index (χ2n) is 6.73.